The zero-order valence-corrected chi connectivity index (χ0v) is 15.7. The van der Waals surface area contributed by atoms with Crippen LogP contribution in [-0.2, 0) is 4.74 Å². The van der Waals surface area contributed by atoms with E-state index in [2.05, 4.69) is 10.6 Å². The maximum absolute atomic E-state index is 12.4. The third-order valence-electron chi connectivity index (χ3n) is 3.62. The number of methoxy groups -OCH3 is 1. The second-order valence-electron chi connectivity index (χ2n) is 5.36. The molecule has 8 heteroatoms. The molecule has 26 heavy (non-hydrogen) atoms. The second kappa shape index (κ2) is 11.3. The molecule has 2 N–H and O–H groups in total. The van der Waals surface area contributed by atoms with E-state index in [0.717, 1.165) is 6.54 Å². The molecule has 1 aromatic carbocycles. The molecule has 142 valence electrons. The van der Waals surface area contributed by atoms with Gasteiger partial charge in [-0.25, -0.2) is 0 Å². The smallest absolute Gasteiger partial charge is 0.293 e. The summed E-state index contributed by atoms with van der Waals surface area (Å²) in [5, 5.41) is 5.99. The Morgan fingerprint density at radius 2 is 1.88 bits per heavy atom. The van der Waals surface area contributed by atoms with Gasteiger partial charge < -0.3 is 24.7 Å². The average Bonchev–Trinajstić information content (AvgIpc) is 3.18. The fourth-order valence-corrected chi connectivity index (χ4v) is 2.29. The van der Waals surface area contributed by atoms with E-state index in [9.17, 15) is 9.59 Å². The third-order valence-corrected chi connectivity index (χ3v) is 3.62. The van der Waals surface area contributed by atoms with Crippen molar-refractivity contribution in [2.75, 3.05) is 45.3 Å². The van der Waals surface area contributed by atoms with Gasteiger partial charge in [-0.05, 0) is 24.3 Å². The molecule has 0 radical (unpaired) electrons. The highest BCUT2D eigenvalue weighted by Gasteiger charge is 2.20. The summed E-state index contributed by atoms with van der Waals surface area (Å²) in [5.41, 5.74) is 0.954. The minimum absolute atomic E-state index is 0. The van der Waals surface area contributed by atoms with Gasteiger partial charge in [-0.3, -0.25) is 9.59 Å². The van der Waals surface area contributed by atoms with E-state index < -0.39 is 0 Å². The molecule has 0 atom stereocenters. The summed E-state index contributed by atoms with van der Waals surface area (Å²) < 4.78 is 10.1. The quantitative estimate of drug-likeness (QED) is 0.648. The number of anilines is 1. The van der Waals surface area contributed by atoms with Gasteiger partial charge in [-0.1, -0.05) is 12.1 Å². The first-order valence-electron chi connectivity index (χ1n) is 8.03. The molecule has 1 heterocycles. The number of carbonyl (C=O) groups is 2. The van der Waals surface area contributed by atoms with Gasteiger partial charge in [-0.2, -0.15) is 0 Å². The highest BCUT2D eigenvalue weighted by atomic mass is 35.5. The van der Waals surface area contributed by atoms with Crippen molar-refractivity contribution in [3.8, 4) is 0 Å². The first-order valence-corrected chi connectivity index (χ1v) is 8.03. The Hall–Kier alpha value is -2.35. The number of hydrogen-bond donors (Lipinski definition) is 2. The SMILES string of the molecule is COCCNCCNC(=O)c1ccccc1N(C)C(=O)c1ccco1.Cl. The molecule has 7 nitrogen and oxygen atoms in total. The Balaban J connectivity index is 0.00000338. The van der Waals surface area contributed by atoms with Gasteiger partial charge in [0.15, 0.2) is 5.76 Å². The second-order valence-corrected chi connectivity index (χ2v) is 5.36. The van der Waals surface area contributed by atoms with Crippen LogP contribution in [0.2, 0.25) is 0 Å². The van der Waals surface area contributed by atoms with Crippen molar-refractivity contribution in [1.29, 1.82) is 0 Å². The maximum atomic E-state index is 12.4. The summed E-state index contributed by atoms with van der Waals surface area (Å²) in [5.74, 6) is -0.324. The van der Waals surface area contributed by atoms with Crippen LogP contribution >= 0.6 is 12.4 Å². The summed E-state index contributed by atoms with van der Waals surface area (Å²) in [6.45, 7) is 2.46. The number of amides is 2. The van der Waals surface area contributed by atoms with Crippen molar-refractivity contribution in [2.24, 2.45) is 0 Å². The predicted molar refractivity (Wildman–Crippen MR) is 102 cm³/mol. The van der Waals surface area contributed by atoms with Crippen LogP contribution < -0.4 is 15.5 Å². The molecule has 0 unspecified atom stereocenters. The molecule has 0 saturated carbocycles. The largest absolute Gasteiger partial charge is 0.459 e. The lowest BCUT2D eigenvalue weighted by atomic mass is 10.1. The number of nitrogens with one attached hydrogen (secondary N) is 2. The number of halogens is 1. The monoisotopic (exact) mass is 381 g/mol. The number of para-hydroxylation sites is 1. The van der Waals surface area contributed by atoms with Gasteiger partial charge in [0, 0.05) is 33.8 Å². The van der Waals surface area contributed by atoms with Crippen molar-refractivity contribution in [2.45, 2.75) is 0 Å². The Morgan fingerprint density at radius 3 is 2.58 bits per heavy atom. The highest BCUT2D eigenvalue weighted by Crippen LogP contribution is 2.21. The number of benzene rings is 1. The number of rotatable bonds is 9. The van der Waals surface area contributed by atoms with Crippen LogP contribution in [0.25, 0.3) is 0 Å². The minimum Gasteiger partial charge on any atom is -0.459 e. The van der Waals surface area contributed by atoms with Crippen molar-refractivity contribution in [3.05, 3.63) is 54.0 Å². The summed E-state index contributed by atoms with van der Waals surface area (Å²) >= 11 is 0. The summed E-state index contributed by atoms with van der Waals surface area (Å²) in [6, 6.07) is 10.2. The van der Waals surface area contributed by atoms with Crippen molar-refractivity contribution < 1.29 is 18.7 Å². The predicted octanol–water partition coefficient (Wildman–Crippen LogP) is 1.94. The van der Waals surface area contributed by atoms with Crippen molar-refractivity contribution >= 4 is 29.9 Å². The molecule has 0 fully saturated rings. The van der Waals surface area contributed by atoms with Gasteiger partial charge in [0.05, 0.1) is 24.1 Å². The van der Waals surface area contributed by atoms with Gasteiger partial charge in [0.25, 0.3) is 11.8 Å². The summed E-state index contributed by atoms with van der Waals surface area (Å²) in [4.78, 5) is 26.3. The highest BCUT2D eigenvalue weighted by molar-refractivity contribution is 6.09. The summed E-state index contributed by atoms with van der Waals surface area (Å²) in [7, 11) is 3.25. The lowest BCUT2D eigenvalue weighted by molar-refractivity contribution is 0.0953. The third kappa shape index (κ3) is 5.87. The normalized spacial score (nSPS) is 10.1. The van der Waals surface area contributed by atoms with Crippen LogP contribution in [-0.4, -0.2) is 52.2 Å². The Labute approximate surface area is 159 Å². The summed E-state index contributed by atoms with van der Waals surface area (Å²) in [6.07, 6.45) is 1.44. The fraction of sp³-hybridized carbons (Fsp3) is 0.333. The Morgan fingerprint density at radius 1 is 1.12 bits per heavy atom. The molecule has 2 amide bonds. The van der Waals surface area contributed by atoms with Crippen LogP contribution in [0, 0.1) is 0 Å². The van der Waals surface area contributed by atoms with Crippen LogP contribution in [0.4, 0.5) is 5.69 Å². The lowest BCUT2D eigenvalue weighted by Crippen LogP contribution is -2.34. The van der Waals surface area contributed by atoms with Crippen molar-refractivity contribution in [1.82, 2.24) is 10.6 Å². The van der Waals surface area contributed by atoms with Crippen LogP contribution in [0.5, 0.6) is 0 Å². The first kappa shape index (κ1) is 21.7. The van der Waals surface area contributed by atoms with E-state index in [1.807, 2.05) is 0 Å². The fourth-order valence-electron chi connectivity index (χ4n) is 2.29. The topological polar surface area (TPSA) is 83.8 Å². The van der Waals surface area contributed by atoms with Crippen LogP contribution in [0.1, 0.15) is 20.9 Å². The van der Waals surface area contributed by atoms with Crippen molar-refractivity contribution in [3.63, 3.8) is 0 Å². The lowest BCUT2D eigenvalue weighted by Gasteiger charge is -2.19. The van der Waals surface area contributed by atoms with Crippen LogP contribution in [0.15, 0.2) is 47.1 Å². The molecule has 1 aromatic heterocycles. The molecule has 0 aliphatic heterocycles. The molecule has 0 saturated heterocycles. The number of ether oxygens (including phenoxy) is 1. The zero-order chi connectivity index (χ0) is 18.1. The minimum atomic E-state index is -0.313. The molecular weight excluding hydrogens is 358 g/mol. The van der Waals surface area contributed by atoms with Gasteiger partial charge in [0.2, 0.25) is 0 Å². The number of furan rings is 1. The molecule has 0 aliphatic carbocycles. The molecule has 0 aliphatic rings. The standard InChI is InChI=1S/C18H23N3O4.ClH/c1-21(18(23)16-8-5-12-25-16)15-7-4-3-6-14(15)17(22)20-10-9-19-11-13-24-2;/h3-8,12,19H,9-11,13H2,1-2H3,(H,20,22);1H. The number of hydrogen-bond acceptors (Lipinski definition) is 5. The average molecular weight is 382 g/mol. The van der Waals surface area contributed by atoms with E-state index in [1.54, 1.807) is 50.6 Å². The molecule has 2 aromatic rings. The first-order chi connectivity index (χ1) is 12.1. The molecule has 0 spiro atoms. The van der Waals surface area contributed by atoms with Gasteiger partial charge in [0.1, 0.15) is 0 Å². The van der Waals surface area contributed by atoms with Gasteiger partial charge in [-0.15, -0.1) is 12.4 Å². The molecule has 0 bridgehead atoms. The van der Waals surface area contributed by atoms with E-state index in [0.29, 0.717) is 30.9 Å². The Bertz CT molecular complexity index is 692. The van der Waals surface area contributed by atoms with E-state index in [-0.39, 0.29) is 30.0 Å². The molecule has 2 rings (SSSR count). The maximum Gasteiger partial charge on any atom is 0.293 e. The zero-order valence-electron chi connectivity index (χ0n) is 14.9. The molecular formula is C18H24ClN3O4. The number of nitrogens with zero attached hydrogens (tertiary/aromatic N) is 1. The van der Waals surface area contributed by atoms with E-state index in [1.165, 1.54) is 11.2 Å². The van der Waals surface area contributed by atoms with Gasteiger partial charge >= 0.3 is 0 Å². The Kier molecular flexibility index (Phi) is 9.43. The number of carbonyl (C=O) groups excluding carboxylic acids is 2. The van der Waals surface area contributed by atoms with Crippen LogP contribution in [0.3, 0.4) is 0 Å². The van der Waals surface area contributed by atoms with E-state index in [4.69, 9.17) is 9.15 Å². The van der Waals surface area contributed by atoms with E-state index >= 15 is 0 Å².